The van der Waals surface area contributed by atoms with Crippen LogP contribution in [-0.2, 0) is 4.79 Å². The van der Waals surface area contributed by atoms with Crippen LogP contribution in [0.15, 0.2) is 47.3 Å². The maximum Gasteiger partial charge on any atom is 0.266 e. The van der Waals surface area contributed by atoms with Gasteiger partial charge in [-0.15, -0.1) is 0 Å². The molecule has 1 aliphatic rings. The monoisotopic (exact) mass is 451 g/mol. The molecule has 32 heavy (non-hydrogen) atoms. The standard InChI is InChI=1S/C26H30ClN3O2/c1-16(2)15-29(25(31)19-6-5-7-19)18(4)24-28-23-14-20(27)10-13-22(23)26(32)30(24)21-11-8-17(3)9-12-21/h8-14,16,18-19H,5-7,15H2,1-4H3. The Labute approximate surface area is 194 Å². The quantitative estimate of drug-likeness (QED) is 0.483. The zero-order valence-corrected chi connectivity index (χ0v) is 19.9. The van der Waals surface area contributed by atoms with Crippen molar-refractivity contribution in [2.75, 3.05) is 6.54 Å². The third kappa shape index (κ3) is 4.31. The van der Waals surface area contributed by atoms with E-state index in [1.54, 1.807) is 22.8 Å². The number of aryl methyl sites for hydroxylation is 1. The van der Waals surface area contributed by atoms with Crippen LogP contribution in [0.3, 0.4) is 0 Å². The Hall–Kier alpha value is -2.66. The Bertz CT molecular complexity index is 1200. The molecule has 0 bridgehead atoms. The molecular weight excluding hydrogens is 422 g/mol. The predicted molar refractivity (Wildman–Crippen MR) is 129 cm³/mol. The molecule has 5 nitrogen and oxygen atoms in total. The first kappa shape index (κ1) is 22.5. The molecule has 168 valence electrons. The lowest BCUT2D eigenvalue weighted by atomic mass is 9.84. The van der Waals surface area contributed by atoms with Gasteiger partial charge in [-0.3, -0.25) is 14.2 Å². The minimum atomic E-state index is -0.358. The molecule has 4 rings (SSSR count). The summed E-state index contributed by atoms with van der Waals surface area (Å²) >= 11 is 6.21. The lowest BCUT2D eigenvalue weighted by Crippen LogP contribution is -2.44. The van der Waals surface area contributed by atoms with Gasteiger partial charge in [0, 0.05) is 17.5 Å². The summed E-state index contributed by atoms with van der Waals surface area (Å²) in [7, 11) is 0. The van der Waals surface area contributed by atoms with Gasteiger partial charge >= 0.3 is 0 Å². The van der Waals surface area contributed by atoms with Gasteiger partial charge in [0.1, 0.15) is 5.82 Å². The van der Waals surface area contributed by atoms with Crippen molar-refractivity contribution < 1.29 is 4.79 Å². The zero-order chi connectivity index (χ0) is 23.0. The second-order valence-electron chi connectivity index (χ2n) is 9.30. The highest BCUT2D eigenvalue weighted by Crippen LogP contribution is 2.32. The molecule has 0 aliphatic heterocycles. The fourth-order valence-electron chi connectivity index (χ4n) is 4.26. The van der Waals surface area contributed by atoms with Crippen LogP contribution < -0.4 is 5.56 Å². The predicted octanol–water partition coefficient (Wildman–Crippen LogP) is 5.69. The first-order valence-corrected chi connectivity index (χ1v) is 11.7. The van der Waals surface area contributed by atoms with E-state index >= 15 is 0 Å². The molecule has 1 atom stereocenters. The zero-order valence-electron chi connectivity index (χ0n) is 19.1. The minimum Gasteiger partial charge on any atom is -0.332 e. The fraction of sp³-hybridized carbons (Fsp3) is 0.423. The molecule has 1 heterocycles. The number of rotatable bonds is 6. The van der Waals surface area contributed by atoms with Crippen molar-refractivity contribution in [2.45, 2.75) is 53.0 Å². The van der Waals surface area contributed by atoms with E-state index in [0.29, 0.717) is 34.2 Å². The van der Waals surface area contributed by atoms with Crippen LogP contribution in [0.2, 0.25) is 5.02 Å². The average molecular weight is 452 g/mol. The molecule has 2 aromatic carbocycles. The lowest BCUT2D eigenvalue weighted by molar-refractivity contribution is -0.141. The number of amides is 1. The number of hydrogen-bond acceptors (Lipinski definition) is 3. The molecule has 6 heteroatoms. The lowest BCUT2D eigenvalue weighted by Gasteiger charge is -2.37. The van der Waals surface area contributed by atoms with Gasteiger partial charge in [0.15, 0.2) is 0 Å². The summed E-state index contributed by atoms with van der Waals surface area (Å²) in [5.41, 5.74) is 2.25. The van der Waals surface area contributed by atoms with Crippen LogP contribution in [0.4, 0.5) is 0 Å². The highest BCUT2D eigenvalue weighted by Gasteiger charge is 2.34. The summed E-state index contributed by atoms with van der Waals surface area (Å²) in [5, 5.41) is 1.03. The van der Waals surface area contributed by atoms with Gasteiger partial charge < -0.3 is 4.90 Å². The van der Waals surface area contributed by atoms with Crippen molar-refractivity contribution in [1.82, 2.24) is 14.5 Å². The summed E-state index contributed by atoms with van der Waals surface area (Å²) in [6.45, 7) is 8.82. The molecule has 1 unspecified atom stereocenters. The molecule has 0 N–H and O–H groups in total. The van der Waals surface area contributed by atoms with Gasteiger partial charge in [0.05, 0.1) is 22.6 Å². The van der Waals surface area contributed by atoms with E-state index in [4.69, 9.17) is 16.6 Å². The molecule has 1 aliphatic carbocycles. The molecule has 0 saturated heterocycles. The van der Waals surface area contributed by atoms with E-state index in [-0.39, 0.29) is 23.4 Å². The van der Waals surface area contributed by atoms with Crippen molar-refractivity contribution in [2.24, 2.45) is 11.8 Å². The first-order valence-electron chi connectivity index (χ1n) is 11.4. The van der Waals surface area contributed by atoms with Crippen LogP contribution in [0.1, 0.15) is 57.5 Å². The molecule has 1 fully saturated rings. The van der Waals surface area contributed by atoms with Gasteiger partial charge in [-0.2, -0.15) is 0 Å². The average Bonchev–Trinajstić information content (AvgIpc) is 2.70. The molecule has 1 amide bonds. The number of carbonyl (C=O) groups excluding carboxylic acids is 1. The summed E-state index contributed by atoms with van der Waals surface area (Å²) in [6, 6.07) is 12.6. The van der Waals surface area contributed by atoms with Gasteiger partial charge in [-0.05, 0) is 62.9 Å². The molecule has 0 radical (unpaired) electrons. The van der Waals surface area contributed by atoms with Crippen LogP contribution in [0.5, 0.6) is 0 Å². The summed E-state index contributed by atoms with van der Waals surface area (Å²) in [4.78, 5) is 33.8. The van der Waals surface area contributed by atoms with Crippen molar-refractivity contribution in [1.29, 1.82) is 0 Å². The third-order valence-electron chi connectivity index (χ3n) is 6.29. The molecule has 0 spiro atoms. The summed E-state index contributed by atoms with van der Waals surface area (Å²) in [5.74, 6) is 1.09. The topological polar surface area (TPSA) is 55.2 Å². The Morgan fingerprint density at radius 1 is 1.16 bits per heavy atom. The smallest absolute Gasteiger partial charge is 0.266 e. The van der Waals surface area contributed by atoms with Gasteiger partial charge in [-0.1, -0.05) is 49.6 Å². The van der Waals surface area contributed by atoms with Crippen LogP contribution >= 0.6 is 11.6 Å². The van der Waals surface area contributed by atoms with E-state index in [9.17, 15) is 9.59 Å². The maximum absolute atomic E-state index is 13.6. The highest BCUT2D eigenvalue weighted by molar-refractivity contribution is 6.31. The van der Waals surface area contributed by atoms with Crippen molar-refractivity contribution >= 4 is 28.4 Å². The maximum atomic E-state index is 13.6. The van der Waals surface area contributed by atoms with Gasteiger partial charge in [0.25, 0.3) is 5.56 Å². The molecule has 1 saturated carbocycles. The normalized spacial score (nSPS) is 15.1. The summed E-state index contributed by atoms with van der Waals surface area (Å²) < 4.78 is 1.65. The number of aromatic nitrogens is 2. The number of fused-ring (bicyclic) bond motifs is 1. The largest absolute Gasteiger partial charge is 0.332 e. The Kier molecular flexibility index (Phi) is 6.38. The van der Waals surface area contributed by atoms with Gasteiger partial charge in [-0.25, -0.2) is 4.98 Å². The fourth-order valence-corrected chi connectivity index (χ4v) is 4.43. The Morgan fingerprint density at radius 2 is 1.84 bits per heavy atom. The SMILES string of the molecule is Cc1ccc(-n2c(C(C)N(CC(C)C)C(=O)C3CCC3)nc3cc(Cl)ccc3c2=O)cc1. The Balaban J connectivity index is 1.91. The number of halogens is 1. The Morgan fingerprint density at radius 3 is 2.44 bits per heavy atom. The van der Waals surface area contributed by atoms with Crippen LogP contribution in [0.25, 0.3) is 16.6 Å². The number of benzene rings is 2. The second kappa shape index (κ2) is 9.07. The van der Waals surface area contributed by atoms with Crippen molar-refractivity contribution in [3.63, 3.8) is 0 Å². The highest BCUT2D eigenvalue weighted by atomic mass is 35.5. The van der Waals surface area contributed by atoms with Crippen LogP contribution in [-0.4, -0.2) is 26.9 Å². The summed E-state index contributed by atoms with van der Waals surface area (Å²) in [6.07, 6.45) is 2.97. The van der Waals surface area contributed by atoms with Crippen LogP contribution in [0, 0.1) is 18.8 Å². The van der Waals surface area contributed by atoms with E-state index in [2.05, 4.69) is 13.8 Å². The number of hydrogen-bond donors (Lipinski definition) is 0. The van der Waals surface area contributed by atoms with E-state index in [0.717, 1.165) is 30.5 Å². The van der Waals surface area contributed by atoms with E-state index in [1.807, 2.05) is 43.0 Å². The minimum absolute atomic E-state index is 0.0747. The van der Waals surface area contributed by atoms with E-state index < -0.39 is 0 Å². The number of carbonyl (C=O) groups is 1. The van der Waals surface area contributed by atoms with Crippen molar-refractivity contribution in [3.8, 4) is 5.69 Å². The molecular formula is C26H30ClN3O2. The van der Waals surface area contributed by atoms with Crippen molar-refractivity contribution in [3.05, 3.63) is 69.2 Å². The van der Waals surface area contributed by atoms with E-state index in [1.165, 1.54) is 0 Å². The molecule has 3 aromatic rings. The third-order valence-corrected chi connectivity index (χ3v) is 6.53. The molecule has 1 aromatic heterocycles. The second-order valence-corrected chi connectivity index (χ2v) is 9.73. The van der Waals surface area contributed by atoms with Gasteiger partial charge in [0.2, 0.25) is 5.91 Å². The number of nitrogens with zero attached hydrogens (tertiary/aromatic N) is 3. The first-order chi connectivity index (χ1) is 15.3.